The first kappa shape index (κ1) is 27.7. The molecule has 9 nitrogen and oxygen atoms in total. The van der Waals surface area contributed by atoms with Gasteiger partial charge in [-0.05, 0) is 48.1 Å². The number of carbonyl (C=O) groups is 2. The molecule has 3 heterocycles. The summed E-state index contributed by atoms with van der Waals surface area (Å²) in [7, 11) is 1.89. The normalized spacial score (nSPS) is 16.4. The second-order valence-corrected chi connectivity index (χ2v) is 12.3. The molecule has 2 N–H and O–H groups in total. The van der Waals surface area contributed by atoms with Crippen LogP contribution in [0.15, 0.2) is 48.7 Å². The fraction of sp³-hybridized carbons (Fsp3) is 0.452. The van der Waals surface area contributed by atoms with E-state index in [4.69, 9.17) is 0 Å². The molecule has 1 saturated heterocycles. The topological polar surface area (TPSA) is 85.7 Å². The largest absolute Gasteiger partial charge is 0.338 e. The van der Waals surface area contributed by atoms with E-state index in [1.54, 1.807) is 15.8 Å². The number of aromatic nitrogens is 2. The van der Waals surface area contributed by atoms with Crippen LogP contribution in [0.2, 0.25) is 0 Å². The minimum atomic E-state index is -0.839. The summed E-state index contributed by atoms with van der Waals surface area (Å²) in [6.45, 7) is 14.9. The average molecular weight is 544 g/mol. The van der Waals surface area contributed by atoms with Crippen LogP contribution < -0.4 is 15.5 Å². The number of nitrogens with zero attached hydrogens (tertiary/aromatic N) is 5. The predicted octanol–water partition coefficient (Wildman–Crippen LogP) is 4.74. The van der Waals surface area contributed by atoms with E-state index >= 15 is 0 Å². The van der Waals surface area contributed by atoms with Crippen LogP contribution in [0.4, 0.5) is 22.0 Å². The van der Waals surface area contributed by atoms with Crippen LogP contribution in [-0.2, 0) is 18.4 Å². The standard InChI is InChI=1S/C31H41N7O2/c1-21-11-12-26-25(17-21)33-28-23(18-32-35(28)6)19-38(26)29(39)27(24-10-8-7-9-22(24)2)34-30(40)37-15-13-36(14-16-37)20-31(3,4)5/h7-12,17-18,27,33H,13-16,19-20H2,1-6H3,(H,34,40). The summed E-state index contributed by atoms with van der Waals surface area (Å²) >= 11 is 0. The van der Waals surface area contributed by atoms with Gasteiger partial charge in [0.15, 0.2) is 0 Å². The Morgan fingerprint density at radius 1 is 1.05 bits per heavy atom. The molecule has 0 saturated carbocycles. The number of amides is 3. The highest BCUT2D eigenvalue weighted by atomic mass is 16.2. The molecule has 1 atom stereocenters. The van der Waals surface area contributed by atoms with Crippen LogP contribution in [-0.4, -0.2) is 64.2 Å². The zero-order valence-corrected chi connectivity index (χ0v) is 24.5. The number of rotatable bonds is 4. The van der Waals surface area contributed by atoms with Gasteiger partial charge in [-0.2, -0.15) is 5.10 Å². The van der Waals surface area contributed by atoms with Crippen molar-refractivity contribution < 1.29 is 9.59 Å². The molecular weight excluding hydrogens is 502 g/mol. The van der Waals surface area contributed by atoms with Crippen LogP contribution in [0.3, 0.4) is 0 Å². The second kappa shape index (κ2) is 11.0. The fourth-order valence-corrected chi connectivity index (χ4v) is 5.66. The lowest BCUT2D eigenvalue weighted by Crippen LogP contribution is -2.54. The molecule has 2 aromatic carbocycles. The Bertz CT molecular complexity index is 1400. The monoisotopic (exact) mass is 543 g/mol. The lowest BCUT2D eigenvalue weighted by Gasteiger charge is -2.38. The summed E-state index contributed by atoms with van der Waals surface area (Å²) in [6, 6.07) is 12.7. The van der Waals surface area contributed by atoms with Gasteiger partial charge in [-0.1, -0.05) is 51.1 Å². The molecule has 40 heavy (non-hydrogen) atoms. The maximum Gasteiger partial charge on any atom is 0.318 e. The lowest BCUT2D eigenvalue weighted by atomic mass is 9.96. The zero-order chi connectivity index (χ0) is 28.6. The number of piperazine rings is 1. The van der Waals surface area contributed by atoms with Gasteiger partial charge in [0, 0.05) is 45.3 Å². The van der Waals surface area contributed by atoms with Gasteiger partial charge in [-0.15, -0.1) is 0 Å². The molecule has 3 aromatic rings. The highest BCUT2D eigenvalue weighted by Crippen LogP contribution is 2.38. The Labute approximate surface area is 237 Å². The van der Waals surface area contributed by atoms with Crippen molar-refractivity contribution in [3.8, 4) is 0 Å². The van der Waals surface area contributed by atoms with Crippen molar-refractivity contribution in [2.24, 2.45) is 12.5 Å². The van der Waals surface area contributed by atoms with E-state index in [1.165, 1.54) is 0 Å². The van der Waals surface area contributed by atoms with Crippen molar-refractivity contribution in [3.05, 3.63) is 70.9 Å². The van der Waals surface area contributed by atoms with E-state index in [2.05, 4.69) is 41.4 Å². The number of carbonyl (C=O) groups excluding carboxylic acids is 2. The van der Waals surface area contributed by atoms with Crippen molar-refractivity contribution in [1.82, 2.24) is 24.9 Å². The number of hydrogen-bond acceptors (Lipinski definition) is 5. The van der Waals surface area contributed by atoms with E-state index in [1.807, 2.05) is 68.3 Å². The Morgan fingerprint density at radius 2 is 1.77 bits per heavy atom. The number of aryl methyl sites for hydroxylation is 3. The van der Waals surface area contributed by atoms with Crippen molar-refractivity contribution >= 4 is 29.1 Å². The number of nitrogens with one attached hydrogen (secondary N) is 2. The third-order valence-corrected chi connectivity index (χ3v) is 7.68. The Balaban J connectivity index is 1.44. The number of urea groups is 1. The first-order valence-corrected chi connectivity index (χ1v) is 14.0. The summed E-state index contributed by atoms with van der Waals surface area (Å²) in [4.78, 5) is 34.2. The molecule has 0 radical (unpaired) electrons. The molecule has 9 heteroatoms. The molecule has 1 unspecified atom stereocenters. The molecule has 212 valence electrons. The Hall–Kier alpha value is -3.85. The van der Waals surface area contributed by atoms with Gasteiger partial charge in [-0.25, -0.2) is 4.79 Å². The van der Waals surface area contributed by atoms with E-state index in [0.717, 1.165) is 59.1 Å². The Kier molecular flexibility index (Phi) is 7.59. The van der Waals surface area contributed by atoms with Gasteiger partial charge in [0.2, 0.25) is 0 Å². The smallest absolute Gasteiger partial charge is 0.318 e. The van der Waals surface area contributed by atoms with Crippen molar-refractivity contribution in [1.29, 1.82) is 0 Å². The summed E-state index contributed by atoms with van der Waals surface area (Å²) < 4.78 is 1.79. The number of anilines is 3. The summed E-state index contributed by atoms with van der Waals surface area (Å²) in [5.41, 5.74) is 5.56. The predicted molar refractivity (Wildman–Crippen MR) is 159 cm³/mol. The first-order valence-electron chi connectivity index (χ1n) is 14.0. The van der Waals surface area contributed by atoms with Crippen LogP contribution >= 0.6 is 0 Å². The minimum Gasteiger partial charge on any atom is -0.338 e. The second-order valence-electron chi connectivity index (χ2n) is 12.3. The van der Waals surface area contributed by atoms with Crippen molar-refractivity contribution in [2.75, 3.05) is 42.9 Å². The maximum atomic E-state index is 14.5. The SMILES string of the molecule is Cc1ccc2c(c1)Nc1c(cnn1C)CN2C(=O)C(NC(=O)N1CCN(CC(C)(C)C)CC1)c1ccccc1C. The fourth-order valence-electron chi connectivity index (χ4n) is 5.66. The Morgan fingerprint density at radius 3 is 2.48 bits per heavy atom. The number of fused-ring (bicyclic) bond motifs is 2. The van der Waals surface area contributed by atoms with E-state index < -0.39 is 6.04 Å². The van der Waals surface area contributed by atoms with Crippen LogP contribution in [0.25, 0.3) is 0 Å². The highest BCUT2D eigenvalue weighted by Gasteiger charge is 2.35. The quantitative estimate of drug-likeness (QED) is 0.497. The first-order chi connectivity index (χ1) is 19.0. The summed E-state index contributed by atoms with van der Waals surface area (Å²) in [5.74, 6) is 0.671. The van der Waals surface area contributed by atoms with Crippen LogP contribution in [0.5, 0.6) is 0 Å². The van der Waals surface area contributed by atoms with Gasteiger partial charge < -0.3 is 20.4 Å². The molecular formula is C31H41N7O2. The minimum absolute atomic E-state index is 0.183. The summed E-state index contributed by atoms with van der Waals surface area (Å²) in [5, 5.41) is 11.0. The number of hydrogen-bond donors (Lipinski definition) is 2. The molecule has 0 bridgehead atoms. The van der Waals surface area contributed by atoms with Gasteiger partial charge in [0.1, 0.15) is 11.9 Å². The van der Waals surface area contributed by atoms with Crippen molar-refractivity contribution in [2.45, 2.75) is 47.2 Å². The van der Waals surface area contributed by atoms with Gasteiger partial charge in [-0.3, -0.25) is 14.4 Å². The molecule has 2 aliphatic rings. The molecule has 3 amide bonds. The molecule has 0 aliphatic carbocycles. The van der Waals surface area contributed by atoms with Crippen LogP contribution in [0.1, 0.15) is 49.1 Å². The maximum absolute atomic E-state index is 14.5. The van der Waals surface area contributed by atoms with E-state index in [0.29, 0.717) is 19.6 Å². The molecule has 1 aromatic heterocycles. The zero-order valence-electron chi connectivity index (χ0n) is 24.5. The van der Waals surface area contributed by atoms with Gasteiger partial charge >= 0.3 is 6.03 Å². The van der Waals surface area contributed by atoms with Crippen LogP contribution in [0, 0.1) is 19.3 Å². The summed E-state index contributed by atoms with van der Waals surface area (Å²) in [6.07, 6.45) is 1.79. The van der Waals surface area contributed by atoms with E-state index in [-0.39, 0.29) is 17.4 Å². The molecule has 1 fully saturated rings. The number of benzene rings is 2. The average Bonchev–Trinajstić information content (AvgIpc) is 3.15. The van der Waals surface area contributed by atoms with Gasteiger partial charge in [0.05, 0.1) is 24.1 Å². The van der Waals surface area contributed by atoms with Gasteiger partial charge in [0.25, 0.3) is 5.91 Å². The molecule has 2 aliphatic heterocycles. The molecule has 0 spiro atoms. The van der Waals surface area contributed by atoms with Crippen molar-refractivity contribution in [3.63, 3.8) is 0 Å². The highest BCUT2D eigenvalue weighted by molar-refractivity contribution is 6.03. The lowest BCUT2D eigenvalue weighted by molar-refractivity contribution is -0.120. The third-order valence-electron chi connectivity index (χ3n) is 7.68. The third kappa shape index (κ3) is 5.84. The van der Waals surface area contributed by atoms with E-state index in [9.17, 15) is 9.59 Å². The molecule has 5 rings (SSSR count).